The summed E-state index contributed by atoms with van der Waals surface area (Å²) in [6.45, 7) is 2.01. The Balaban J connectivity index is 2.03. The van der Waals surface area contributed by atoms with Crippen LogP contribution in [-0.2, 0) is 17.7 Å². The zero-order valence-corrected chi connectivity index (χ0v) is 12.4. The molecule has 0 spiro atoms. The van der Waals surface area contributed by atoms with Crippen LogP contribution in [-0.4, -0.2) is 28.6 Å². The minimum Gasteiger partial charge on any atom is -0.381 e. The van der Waals surface area contributed by atoms with Gasteiger partial charge in [0.2, 0.25) is 0 Å². The van der Waals surface area contributed by atoms with Gasteiger partial charge < -0.3 is 9.30 Å². The molecule has 3 nitrogen and oxygen atoms in total. The van der Waals surface area contributed by atoms with Crippen LogP contribution in [0, 0.1) is 17.6 Å². The zero-order chi connectivity index (χ0) is 14.8. The third-order valence-corrected chi connectivity index (χ3v) is 4.08. The normalized spacial score (nSPS) is 19.3. The number of hydrogen-bond acceptors (Lipinski definition) is 2. The first-order valence-corrected chi connectivity index (χ1v) is 7.71. The molecule has 1 aliphatic heterocycles. The van der Waals surface area contributed by atoms with Crippen LogP contribution in [0.5, 0.6) is 0 Å². The molecule has 0 saturated carbocycles. The second-order valence-corrected chi connectivity index (χ2v) is 5.77. The molecule has 1 aromatic carbocycles. The minimum absolute atomic E-state index is 0.237. The lowest BCUT2D eigenvalue weighted by molar-refractivity contribution is 0.0484. The first kappa shape index (κ1) is 14.7. The third-order valence-electron chi connectivity index (χ3n) is 3.89. The smallest absolute Gasteiger partial charge is 0.184 e. The van der Waals surface area contributed by atoms with Crippen molar-refractivity contribution in [2.75, 3.05) is 19.1 Å². The summed E-state index contributed by atoms with van der Waals surface area (Å²) in [6.07, 6.45) is 2.56. The van der Waals surface area contributed by atoms with Crippen LogP contribution in [0.2, 0.25) is 0 Å². The topological polar surface area (TPSA) is 27.1 Å². The number of nitrogens with zero attached hydrogens (tertiary/aromatic N) is 2. The van der Waals surface area contributed by atoms with Crippen molar-refractivity contribution in [3.63, 3.8) is 0 Å². The lowest BCUT2D eigenvalue weighted by Gasteiger charge is -2.23. The van der Waals surface area contributed by atoms with Crippen LogP contribution in [0.15, 0.2) is 12.1 Å². The van der Waals surface area contributed by atoms with Crippen molar-refractivity contribution in [2.45, 2.75) is 25.8 Å². The maximum atomic E-state index is 14.2. The summed E-state index contributed by atoms with van der Waals surface area (Å²) in [5, 5.41) is 0. The number of ether oxygens (including phenoxy) is 1. The van der Waals surface area contributed by atoms with Gasteiger partial charge in [0, 0.05) is 31.4 Å². The summed E-state index contributed by atoms with van der Waals surface area (Å²) in [6, 6.07) is 2.63. The van der Waals surface area contributed by atoms with E-state index in [1.165, 1.54) is 6.07 Å². The van der Waals surface area contributed by atoms with E-state index in [2.05, 4.69) is 4.98 Å². The van der Waals surface area contributed by atoms with Gasteiger partial charge in [-0.15, -0.1) is 11.6 Å². The summed E-state index contributed by atoms with van der Waals surface area (Å²) in [7, 11) is 0. The number of benzene rings is 1. The van der Waals surface area contributed by atoms with Crippen molar-refractivity contribution < 1.29 is 13.5 Å². The fraction of sp³-hybridized carbons (Fsp3) is 0.533. The third kappa shape index (κ3) is 2.90. The van der Waals surface area contributed by atoms with E-state index in [0.29, 0.717) is 42.7 Å². The van der Waals surface area contributed by atoms with E-state index < -0.39 is 11.6 Å². The largest absolute Gasteiger partial charge is 0.381 e. The highest BCUT2D eigenvalue weighted by Crippen LogP contribution is 2.25. The molecular weight excluding hydrogens is 298 g/mol. The number of imidazole rings is 1. The van der Waals surface area contributed by atoms with Crippen molar-refractivity contribution in [1.82, 2.24) is 9.55 Å². The summed E-state index contributed by atoms with van der Waals surface area (Å²) < 4.78 is 34.9. The van der Waals surface area contributed by atoms with Crippen LogP contribution in [0.3, 0.4) is 0 Å². The van der Waals surface area contributed by atoms with Crippen molar-refractivity contribution in [2.24, 2.45) is 5.92 Å². The first-order valence-electron chi connectivity index (χ1n) is 7.17. The maximum absolute atomic E-state index is 14.2. The van der Waals surface area contributed by atoms with E-state index >= 15 is 0 Å². The van der Waals surface area contributed by atoms with Crippen molar-refractivity contribution in [3.05, 3.63) is 29.6 Å². The molecule has 0 bridgehead atoms. The molecule has 1 atom stereocenters. The van der Waals surface area contributed by atoms with Crippen LogP contribution in [0.1, 0.15) is 18.7 Å². The fourth-order valence-corrected chi connectivity index (χ4v) is 3.06. The highest BCUT2D eigenvalue weighted by atomic mass is 35.5. The van der Waals surface area contributed by atoms with E-state index in [9.17, 15) is 8.78 Å². The standard InChI is InChI=1S/C15H17ClF2N2O/c16-6-5-13-19-12-4-3-11(17)14(18)15(12)20(13)8-10-2-1-7-21-9-10/h3-4,10H,1-2,5-9H2. The molecule has 6 heteroatoms. The van der Waals surface area contributed by atoms with Gasteiger partial charge in [-0.05, 0) is 25.0 Å². The molecule has 114 valence electrons. The predicted molar refractivity (Wildman–Crippen MR) is 77.6 cm³/mol. The highest BCUT2D eigenvalue weighted by molar-refractivity contribution is 6.17. The minimum atomic E-state index is -0.846. The maximum Gasteiger partial charge on any atom is 0.184 e. The molecule has 0 N–H and O–H groups in total. The van der Waals surface area contributed by atoms with Crippen molar-refractivity contribution in [1.29, 1.82) is 0 Å². The van der Waals surface area contributed by atoms with E-state index in [0.717, 1.165) is 25.5 Å². The van der Waals surface area contributed by atoms with E-state index in [-0.39, 0.29) is 5.52 Å². The van der Waals surface area contributed by atoms with Crippen molar-refractivity contribution in [3.8, 4) is 0 Å². The molecule has 2 heterocycles. The molecule has 3 rings (SSSR count). The Bertz CT molecular complexity index is 638. The molecule has 0 amide bonds. The number of aromatic nitrogens is 2. The quantitative estimate of drug-likeness (QED) is 0.807. The number of aryl methyl sites for hydroxylation is 1. The molecule has 0 aliphatic carbocycles. The Labute approximate surface area is 126 Å². The molecular formula is C15H17ClF2N2O. The predicted octanol–water partition coefficient (Wildman–Crippen LogP) is 3.52. The number of alkyl halides is 1. The van der Waals surface area contributed by atoms with E-state index in [4.69, 9.17) is 16.3 Å². The van der Waals surface area contributed by atoms with Crippen LogP contribution in [0.4, 0.5) is 8.78 Å². The number of hydrogen-bond donors (Lipinski definition) is 0. The zero-order valence-electron chi connectivity index (χ0n) is 11.6. The monoisotopic (exact) mass is 314 g/mol. The van der Waals surface area contributed by atoms with Gasteiger partial charge in [0.05, 0.1) is 12.1 Å². The molecule has 1 aromatic heterocycles. The van der Waals surface area contributed by atoms with Crippen LogP contribution in [0.25, 0.3) is 11.0 Å². The van der Waals surface area contributed by atoms with E-state index in [1.807, 2.05) is 0 Å². The van der Waals surface area contributed by atoms with Gasteiger partial charge in [-0.2, -0.15) is 0 Å². The Hall–Kier alpha value is -1.20. The molecule has 0 radical (unpaired) electrons. The molecule has 21 heavy (non-hydrogen) atoms. The SMILES string of the molecule is Fc1ccc2nc(CCCl)n(CC3CCCOC3)c2c1F. The summed E-state index contributed by atoms with van der Waals surface area (Å²) in [5.74, 6) is -0.282. The number of fused-ring (bicyclic) bond motifs is 1. The average Bonchev–Trinajstić information content (AvgIpc) is 2.83. The molecule has 2 aromatic rings. The lowest BCUT2D eigenvalue weighted by atomic mass is 10.0. The van der Waals surface area contributed by atoms with Gasteiger partial charge in [0.25, 0.3) is 0 Å². The van der Waals surface area contributed by atoms with Gasteiger partial charge in [0.1, 0.15) is 11.3 Å². The van der Waals surface area contributed by atoms with Crippen molar-refractivity contribution >= 4 is 22.6 Å². The van der Waals surface area contributed by atoms with Gasteiger partial charge in [0.15, 0.2) is 11.6 Å². The molecule has 1 unspecified atom stereocenters. The van der Waals surface area contributed by atoms with Crippen LogP contribution < -0.4 is 0 Å². The van der Waals surface area contributed by atoms with E-state index in [1.54, 1.807) is 4.57 Å². The Kier molecular flexibility index (Phi) is 4.40. The molecule has 1 aliphatic rings. The fourth-order valence-electron chi connectivity index (χ4n) is 2.89. The van der Waals surface area contributed by atoms with Crippen LogP contribution >= 0.6 is 11.6 Å². The van der Waals surface area contributed by atoms with Gasteiger partial charge in [-0.3, -0.25) is 0 Å². The second-order valence-electron chi connectivity index (χ2n) is 5.39. The van der Waals surface area contributed by atoms with Gasteiger partial charge in [-0.25, -0.2) is 13.8 Å². The summed E-state index contributed by atoms with van der Waals surface area (Å²) >= 11 is 5.80. The summed E-state index contributed by atoms with van der Waals surface area (Å²) in [4.78, 5) is 4.40. The number of halogens is 3. The second kappa shape index (κ2) is 6.28. The number of rotatable bonds is 4. The van der Waals surface area contributed by atoms with Gasteiger partial charge >= 0.3 is 0 Å². The Morgan fingerprint density at radius 2 is 2.24 bits per heavy atom. The lowest BCUT2D eigenvalue weighted by Crippen LogP contribution is -2.23. The molecule has 1 saturated heterocycles. The Morgan fingerprint density at radius 3 is 2.95 bits per heavy atom. The highest BCUT2D eigenvalue weighted by Gasteiger charge is 2.21. The average molecular weight is 315 g/mol. The van der Waals surface area contributed by atoms with Gasteiger partial charge in [-0.1, -0.05) is 0 Å². The Morgan fingerprint density at radius 1 is 1.38 bits per heavy atom. The summed E-state index contributed by atoms with van der Waals surface area (Å²) in [5.41, 5.74) is 0.714. The first-order chi connectivity index (χ1) is 10.2. The molecule has 1 fully saturated rings.